The van der Waals surface area contributed by atoms with Crippen molar-refractivity contribution in [1.82, 2.24) is 34.9 Å². The zero-order valence-electron chi connectivity index (χ0n) is 17.7. The van der Waals surface area contributed by atoms with Crippen molar-refractivity contribution >= 4 is 55.5 Å². The lowest BCUT2D eigenvalue weighted by Crippen LogP contribution is -2.41. The first-order valence-corrected chi connectivity index (χ1v) is 12.0. The van der Waals surface area contributed by atoms with Gasteiger partial charge in [-0.1, -0.05) is 22.7 Å². The van der Waals surface area contributed by atoms with E-state index in [1.807, 2.05) is 22.7 Å². The molecular formula is C21H21ClN8OS2. The molecule has 1 aliphatic rings. The fraction of sp³-hybridized carbons (Fsp3) is 0.286. The maximum atomic E-state index is 10.7. The first-order valence-electron chi connectivity index (χ1n) is 10.4. The number of aromatic nitrogens is 6. The molecule has 12 heteroatoms. The van der Waals surface area contributed by atoms with Crippen LogP contribution in [0.5, 0.6) is 5.75 Å². The molecule has 6 rings (SSSR count). The van der Waals surface area contributed by atoms with Gasteiger partial charge in [-0.15, -0.1) is 22.6 Å². The van der Waals surface area contributed by atoms with Crippen molar-refractivity contribution in [3.8, 4) is 27.6 Å². The van der Waals surface area contributed by atoms with Crippen molar-refractivity contribution in [2.75, 3.05) is 25.0 Å². The molecule has 1 fully saturated rings. The third-order valence-corrected chi connectivity index (χ3v) is 7.94. The van der Waals surface area contributed by atoms with Gasteiger partial charge in [-0.25, -0.2) is 15.0 Å². The third kappa shape index (κ3) is 4.01. The molecule has 33 heavy (non-hydrogen) atoms. The molecule has 0 unspecified atom stereocenters. The first kappa shape index (κ1) is 22.0. The molecule has 0 amide bonds. The van der Waals surface area contributed by atoms with Crippen molar-refractivity contribution in [3.05, 3.63) is 36.9 Å². The van der Waals surface area contributed by atoms with Gasteiger partial charge in [0.15, 0.2) is 20.4 Å². The average molecular weight is 501 g/mol. The van der Waals surface area contributed by atoms with Crippen LogP contribution in [0.4, 0.5) is 5.13 Å². The Kier molecular flexibility index (Phi) is 5.87. The molecule has 0 spiro atoms. The Morgan fingerprint density at radius 1 is 1.12 bits per heavy atom. The van der Waals surface area contributed by atoms with Crippen molar-refractivity contribution in [1.29, 1.82) is 0 Å². The van der Waals surface area contributed by atoms with E-state index in [2.05, 4.69) is 32.4 Å². The maximum absolute atomic E-state index is 10.7. The molecule has 0 bridgehead atoms. The van der Waals surface area contributed by atoms with Gasteiger partial charge in [0.1, 0.15) is 22.8 Å². The zero-order valence-corrected chi connectivity index (χ0v) is 20.1. The van der Waals surface area contributed by atoms with Gasteiger partial charge in [0.2, 0.25) is 0 Å². The molecule has 0 radical (unpaired) electrons. The Hall–Kier alpha value is -2.86. The van der Waals surface area contributed by atoms with Crippen molar-refractivity contribution in [3.63, 3.8) is 0 Å². The molecule has 0 saturated carbocycles. The van der Waals surface area contributed by atoms with Gasteiger partial charge in [0.05, 0.1) is 0 Å². The van der Waals surface area contributed by atoms with E-state index in [0.717, 1.165) is 57.5 Å². The van der Waals surface area contributed by atoms with Crippen molar-refractivity contribution < 1.29 is 5.11 Å². The standard InChI is InChI=1S/C21H20N8OS2.ClH/c1-28(14-4-6-22-7-5-14)21-26-20-19(32-21)25-18(31-20)17-15(30)8-13(9-23-17)12-2-3-16-27-24-11-29(16)10-12;/h2-3,8-11,14,22,30H,4-7H2,1H3;1H. The molecule has 6 heterocycles. The van der Waals surface area contributed by atoms with Crippen LogP contribution < -0.4 is 10.2 Å². The molecule has 1 aliphatic heterocycles. The van der Waals surface area contributed by atoms with E-state index in [4.69, 9.17) is 9.97 Å². The van der Waals surface area contributed by atoms with E-state index >= 15 is 0 Å². The van der Waals surface area contributed by atoms with Gasteiger partial charge >= 0.3 is 0 Å². The molecule has 0 atom stereocenters. The van der Waals surface area contributed by atoms with Crippen LogP contribution in [0.1, 0.15) is 12.8 Å². The highest BCUT2D eigenvalue weighted by atomic mass is 35.5. The van der Waals surface area contributed by atoms with Crippen LogP contribution in [-0.2, 0) is 0 Å². The van der Waals surface area contributed by atoms with Gasteiger partial charge in [-0.3, -0.25) is 4.40 Å². The minimum absolute atomic E-state index is 0. The fourth-order valence-electron chi connectivity index (χ4n) is 4.01. The number of hydrogen-bond acceptors (Lipinski definition) is 10. The number of pyridine rings is 2. The minimum Gasteiger partial charge on any atom is -0.506 e. The van der Waals surface area contributed by atoms with Gasteiger partial charge < -0.3 is 15.3 Å². The van der Waals surface area contributed by atoms with Crippen LogP contribution in [0.3, 0.4) is 0 Å². The van der Waals surface area contributed by atoms with Crippen LogP contribution in [0, 0.1) is 0 Å². The highest BCUT2D eigenvalue weighted by Gasteiger charge is 2.22. The van der Waals surface area contributed by atoms with Crippen LogP contribution in [-0.4, -0.2) is 60.8 Å². The summed E-state index contributed by atoms with van der Waals surface area (Å²) in [5, 5.41) is 23.7. The molecule has 170 valence electrons. The average Bonchev–Trinajstić information content (AvgIpc) is 3.53. The molecule has 1 saturated heterocycles. The summed E-state index contributed by atoms with van der Waals surface area (Å²) in [4.78, 5) is 18.1. The number of nitrogens with zero attached hydrogens (tertiary/aromatic N) is 7. The van der Waals surface area contributed by atoms with Crippen LogP contribution in [0.2, 0.25) is 0 Å². The minimum atomic E-state index is 0. The number of thiazole rings is 2. The lowest BCUT2D eigenvalue weighted by molar-refractivity contribution is 0.443. The normalized spacial score (nSPS) is 14.6. The maximum Gasteiger partial charge on any atom is 0.188 e. The number of rotatable bonds is 4. The Bertz CT molecular complexity index is 1390. The molecule has 5 aromatic heterocycles. The summed E-state index contributed by atoms with van der Waals surface area (Å²) >= 11 is 3.05. The lowest BCUT2D eigenvalue weighted by Gasteiger charge is -2.31. The molecule has 9 nitrogen and oxygen atoms in total. The van der Waals surface area contributed by atoms with Gasteiger partial charge in [0, 0.05) is 36.6 Å². The lowest BCUT2D eigenvalue weighted by atomic mass is 10.1. The molecule has 2 N–H and O–H groups in total. The first-order chi connectivity index (χ1) is 15.7. The van der Waals surface area contributed by atoms with Crippen LogP contribution in [0.25, 0.3) is 37.1 Å². The van der Waals surface area contributed by atoms with E-state index in [1.54, 1.807) is 29.9 Å². The Balaban J connectivity index is 0.00000228. The fourth-order valence-corrected chi connectivity index (χ4v) is 6.09. The molecular weight excluding hydrogens is 480 g/mol. The predicted octanol–water partition coefficient (Wildman–Crippen LogP) is 3.84. The molecule has 0 aliphatic carbocycles. The second kappa shape index (κ2) is 8.82. The summed E-state index contributed by atoms with van der Waals surface area (Å²) in [5.41, 5.74) is 2.97. The van der Waals surface area contributed by atoms with Crippen LogP contribution >= 0.6 is 35.1 Å². The second-order valence-corrected chi connectivity index (χ2v) is 9.76. The quantitative estimate of drug-likeness (QED) is 0.383. The Morgan fingerprint density at radius 2 is 1.94 bits per heavy atom. The smallest absolute Gasteiger partial charge is 0.188 e. The van der Waals surface area contributed by atoms with Crippen molar-refractivity contribution in [2.45, 2.75) is 18.9 Å². The van der Waals surface area contributed by atoms with E-state index in [9.17, 15) is 5.11 Å². The monoisotopic (exact) mass is 500 g/mol. The summed E-state index contributed by atoms with van der Waals surface area (Å²) < 4.78 is 1.83. The number of fused-ring (bicyclic) bond motifs is 2. The van der Waals surface area contributed by atoms with E-state index in [-0.39, 0.29) is 18.2 Å². The van der Waals surface area contributed by atoms with Gasteiger partial charge in [-0.2, -0.15) is 0 Å². The number of aromatic hydroxyl groups is 1. The number of piperidine rings is 1. The topological polar surface area (TPSA) is 104 Å². The summed E-state index contributed by atoms with van der Waals surface area (Å²) in [6.45, 7) is 2.09. The second-order valence-electron chi connectivity index (χ2n) is 7.82. The van der Waals surface area contributed by atoms with E-state index in [1.165, 1.54) is 11.3 Å². The highest BCUT2D eigenvalue weighted by Crippen LogP contribution is 2.39. The third-order valence-electron chi connectivity index (χ3n) is 5.82. The van der Waals surface area contributed by atoms with Gasteiger partial charge in [0.25, 0.3) is 0 Å². The number of nitrogens with one attached hydrogen (secondary N) is 1. The summed E-state index contributed by atoms with van der Waals surface area (Å²) in [6, 6.07) is 6.04. The zero-order chi connectivity index (χ0) is 21.7. The predicted molar refractivity (Wildman–Crippen MR) is 134 cm³/mol. The molecule has 5 aromatic rings. The highest BCUT2D eigenvalue weighted by molar-refractivity contribution is 7.29. The number of halogens is 1. The Labute approximate surface area is 203 Å². The summed E-state index contributed by atoms with van der Waals surface area (Å²) in [5.74, 6) is 0.0970. The van der Waals surface area contributed by atoms with Crippen molar-refractivity contribution in [2.24, 2.45) is 0 Å². The van der Waals surface area contributed by atoms with E-state index in [0.29, 0.717) is 16.7 Å². The summed E-state index contributed by atoms with van der Waals surface area (Å²) in [6.07, 6.45) is 7.55. The molecule has 0 aromatic carbocycles. The van der Waals surface area contributed by atoms with Crippen LogP contribution in [0.15, 0.2) is 36.9 Å². The largest absolute Gasteiger partial charge is 0.506 e. The SMILES string of the molecule is CN(c1nc2sc(-c3ncc(-c4ccc5nncn5c4)cc3O)nc2s1)C1CCNCC1.Cl. The number of anilines is 1. The number of hydrogen-bond donors (Lipinski definition) is 2. The van der Waals surface area contributed by atoms with E-state index < -0.39 is 0 Å². The van der Waals surface area contributed by atoms with Gasteiger partial charge in [-0.05, 0) is 44.1 Å². The summed E-state index contributed by atoms with van der Waals surface area (Å²) in [7, 11) is 2.11. The Morgan fingerprint density at radius 3 is 2.73 bits per heavy atom.